The molecule has 5 heteroatoms. The summed E-state index contributed by atoms with van der Waals surface area (Å²) in [6.45, 7) is 0. The van der Waals surface area contributed by atoms with Crippen molar-refractivity contribution in [2.45, 2.75) is 31.4 Å². The van der Waals surface area contributed by atoms with Crippen molar-refractivity contribution >= 4 is 16.8 Å². The van der Waals surface area contributed by atoms with E-state index in [0.717, 1.165) is 16.5 Å². The number of hydrogen-bond donors (Lipinski definition) is 2. The average Bonchev–Trinajstić information content (AvgIpc) is 2.68. The Labute approximate surface area is 163 Å². The van der Waals surface area contributed by atoms with Gasteiger partial charge in [-0.25, -0.2) is 0 Å². The molecule has 1 atom stereocenters. The summed E-state index contributed by atoms with van der Waals surface area (Å²) in [5.41, 5.74) is 1.77. The first-order chi connectivity index (χ1) is 13.5. The maximum atomic E-state index is 13.0. The summed E-state index contributed by atoms with van der Waals surface area (Å²) < 4.78 is 1.52. The highest BCUT2D eigenvalue weighted by molar-refractivity contribution is 5.97. The van der Waals surface area contributed by atoms with Crippen LogP contribution >= 0.6 is 0 Å². The van der Waals surface area contributed by atoms with Gasteiger partial charge in [0, 0.05) is 13.1 Å². The quantitative estimate of drug-likeness (QED) is 0.719. The Morgan fingerprint density at radius 1 is 1.14 bits per heavy atom. The van der Waals surface area contributed by atoms with Crippen LogP contribution in [0.4, 0.5) is 0 Å². The molecular formula is C23H24N2O3. The number of hydrogen-bond acceptors (Lipinski definition) is 3. The van der Waals surface area contributed by atoms with Crippen LogP contribution in [0, 0.1) is 5.92 Å². The first kappa shape index (κ1) is 18.4. The second kappa shape index (κ2) is 7.60. The highest BCUT2D eigenvalue weighted by Gasteiger charge is 2.35. The Kier molecular flexibility index (Phi) is 5.01. The Hall–Kier alpha value is -2.92. The van der Waals surface area contributed by atoms with Gasteiger partial charge in [0.25, 0.3) is 11.5 Å². The minimum Gasteiger partial charge on any atom is -0.393 e. The van der Waals surface area contributed by atoms with E-state index in [1.54, 1.807) is 13.1 Å². The Morgan fingerprint density at radius 3 is 2.54 bits per heavy atom. The molecule has 5 nitrogen and oxygen atoms in total. The van der Waals surface area contributed by atoms with E-state index in [0.29, 0.717) is 19.3 Å². The number of benzene rings is 2. The van der Waals surface area contributed by atoms with Gasteiger partial charge in [0.15, 0.2) is 0 Å². The number of para-hydroxylation sites is 1. The van der Waals surface area contributed by atoms with Gasteiger partial charge in [-0.3, -0.25) is 9.59 Å². The maximum Gasteiger partial charge on any atom is 0.263 e. The largest absolute Gasteiger partial charge is 0.393 e. The van der Waals surface area contributed by atoms with Crippen LogP contribution in [0.3, 0.4) is 0 Å². The van der Waals surface area contributed by atoms with E-state index in [1.165, 1.54) is 4.57 Å². The summed E-state index contributed by atoms with van der Waals surface area (Å²) in [6.07, 6.45) is 1.73. The first-order valence-electron chi connectivity index (χ1n) is 9.64. The van der Waals surface area contributed by atoms with Gasteiger partial charge in [0.2, 0.25) is 0 Å². The number of nitrogens with one attached hydrogen (secondary N) is 1. The van der Waals surface area contributed by atoms with Gasteiger partial charge in [-0.2, -0.15) is 0 Å². The van der Waals surface area contributed by atoms with Crippen molar-refractivity contribution in [1.82, 2.24) is 9.88 Å². The van der Waals surface area contributed by atoms with E-state index in [1.807, 2.05) is 54.6 Å². The van der Waals surface area contributed by atoms with E-state index in [9.17, 15) is 14.7 Å². The summed E-state index contributed by atoms with van der Waals surface area (Å²) in [5.74, 6) is -0.142. The van der Waals surface area contributed by atoms with Gasteiger partial charge in [-0.1, -0.05) is 48.5 Å². The normalized spacial score (nSPS) is 19.8. The zero-order valence-corrected chi connectivity index (χ0v) is 15.8. The molecular weight excluding hydrogens is 352 g/mol. The van der Waals surface area contributed by atoms with Crippen LogP contribution in [0.2, 0.25) is 0 Å². The van der Waals surface area contributed by atoms with Crippen LogP contribution in [0.15, 0.2) is 65.5 Å². The standard InChI is InChI=1S/C23H24N2O3/c1-25-21-10-6-5-9-16(21)14-19(23(25)28)22(27)24-20(17-12-18(26)13-17)11-15-7-3-2-4-8-15/h2-10,14,17-18,20,26H,11-13H2,1H3,(H,24,27). The van der Waals surface area contributed by atoms with Crippen LogP contribution < -0.4 is 10.9 Å². The lowest BCUT2D eigenvalue weighted by Crippen LogP contribution is -2.49. The highest BCUT2D eigenvalue weighted by Crippen LogP contribution is 2.32. The van der Waals surface area contributed by atoms with Gasteiger partial charge < -0.3 is 15.0 Å². The molecule has 2 aromatic carbocycles. The molecule has 0 saturated heterocycles. The number of nitrogens with zero attached hydrogens (tertiary/aromatic N) is 1. The van der Waals surface area contributed by atoms with Crippen molar-refractivity contribution in [2.24, 2.45) is 13.0 Å². The summed E-state index contributed by atoms with van der Waals surface area (Å²) in [6, 6.07) is 19.1. The molecule has 28 heavy (non-hydrogen) atoms. The lowest BCUT2D eigenvalue weighted by Gasteiger charge is -2.38. The minimum atomic E-state index is -0.353. The zero-order valence-electron chi connectivity index (χ0n) is 15.8. The van der Waals surface area contributed by atoms with Crippen molar-refractivity contribution in [3.63, 3.8) is 0 Å². The molecule has 4 rings (SSSR count). The van der Waals surface area contributed by atoms with Gasteiger partial charge in [-0.15, -0.1) is 0 Å². The van der Waals surface area contributed by atoms with E-state index < -0.39 is 0 Å². The molecule has 144 valence electrons. The van der Waals surface area contributed by atoms with Crippen LogP contribution in [-0.4, -0.2) is 27.7 Å². The number of rotatable bonds is 5. The monoisotopic (exact) mass is 376 g/mol. The molecule has 1 fully saturated rings. The minimum absolute atomic E-state index is 0.116. The number of amides is 1. The van der Waals surface area contributed by atoms with Crippen molar-refractivity contribution in [1.29, 1.82) is 0 Å². The van der Waals surface area contributed by atoms with E-state index >= 15 is 0 Å². The molecule has 1 aliphatic rings. The second-order valence-electron chi connectivity index (χ2n) is 7.64. The van der Waals surface area contributed by atoms with Crippen LogP contribution in [0.25, 0.3) is 10.9 Å². The van der Waals surface area contributed by atoms with Crippen LogP contribution in [0.1, 0.15) is 28.8 Å². The third kappa shape index (κ3) is 3.58. The lowest BCUT2D eigenvalue weighted by molar-refractivity contribution is 0.0239. The summed E-state index contributed by atoms with van der Waals surface area (Å²) in [4.78, 5) is 25.7. The molecule has 1 unspecified atom stereocenters. The first-order valence-corrected chi connectivity index (χ1v) is 9.64. The van der Waals surface area contributed by atoms with Gasteiger partial charge >= 0.3 is 0 Å². The van der Waals surface area contributed by atoms with Crippen molar-refractivity contribution in [3.05, 3.63) is 82.1 Å². The van der Waals surface area contributed by atoms with Gasteiger partial charge in [0.05, 0.1) is 11.6 Å². The predicted molar refractivity (Wildman–Crippen MR) is 109 cm³/mol. The van der Waals surface area contributed by atoms with Crippen molar-refractivity contribution < 1.29 is 9.90 Å². The number of fused-ring (bicyclic) bond motifs is 1. The summed E-state index contributed by atoms with van der Waals surface area (Å²) in [7, 11) is 1.69. The number of aliphatic hydroxyl groups is 1. The predicted octanol–water partition coefficient (Wildman–Crippen LogP) is 2.65. The van der Waals surface area contributed by atoms with E-state index in [-0.39, 0.29) is 35.1 Å². The van der Waals surface area contributed by atoms with Crippen molar-refractivity contribution in [3.8, 4) is 0 Å². The van der Waals surface area contributed by atoms with Crippen LogP contribution in [0.5, 0.6) is 0 Å². The molecule has 0 radical (unpaired) electrons. The topological polar surface area (TPSA) is 71.3 Å². The van der Waals surface area contributed by atoms with Crippen molar-refractivity contribution in [2.75, 3.05) is 0 Å². The van der Waals surface area contributed by atoms with Gasteiger partial charge in [-0.05, 0) is 48.3 Å². The molecule has 0 bridgehead atoms. The van der Waals surface area contributed by atoms with Crippen LogP contribution in [-0.2, 0) is 13.5 Å². The number of carbonyl (C=O) groups is 1. The molecule has 2 N–H and O–H groups in total. The zero-order chi connectivity index (χ0) is 19.7. The third-order valence-electron chi connectivity index (χ3n) is 5.71. The fourth-order valence-corrected chi connectivity index (χ4v) is 3.99. The van der Waals surface area contributed by atoms with Gasteiger partial charge in [0.1, 0.15) is 5.56 Å². The maximum absolute atomic E-state index is 13.0. The molecule has 1 amide bonds. The number of carbonyl (C=O) groups excluding carboxylic acids is 1. The summed E-state index contributed by atoms with van der Waals surface area (Å²) in [5, 5.41) is 13.6. The fraction of sp³-hybridized carbons (Fsp3) is 0.304. The number of aliphatic hydroxyl groups excluding tert-OH is 1. The molecule has 1 aromatic heterocycles. The SMILES string of the molecule is Cn1c(=O)c(C(=O)NC(Cc2ccccc2)C2CC(O)C2)cc2ccccc21. The molecule has 0 spiro atoms. The third-order valence-corrected chi connectivity index (χ3v) is 5.71. The Balaban J connectivity index is 1.61. The molecule has 1 heterocycles. The molecule has 0 aliphatic heterocycles. The van der Waals surface area contributed by atoms with E-state index in [4.69, 9.17) is 0 Å². The number of pyridine rings is 1. The molecule has 3 aromatic rings. The molecule has 1 saturated carbocycles. The average molecular weight is 376 g/mol. The number of aromatic nitrogens is 1. The highest BCUT2D eigenvalue weighted by atomic mass is 16.3. The smallest absolute Gasteiger partial charge is 0.263 e. The Morgan fingerprint density at radius 2 is 1.82 bits per heavy atom. The summed E-state index contributed by atoms with van der Waals surface area (Å²) >= 11 is 0. The van der Waals surface area contributed by atoms with E-state index in [2.05, 4.69) is 5.32 Å². The second-order valence-corrected chi connectivity index (χ2v) is 7.64. The fourth-order valence-electron chi connectivity index (χ4n) is 3.99. The number of aryl methyl sites for hydroxylation is 1. The molecule has 1 aliphatic carbocycles. The lowest BCUT2D eigenvalue weighted by atomic mass is 9.75. The Bertz CT molecular complexity index is 1050.